The number of para-hydroxylation sites is 2. The number of rotatable bonds is 3. The van der Waals surface area contributed by atoms with Crippen LogP contribution in [0.5, 0.6) is 0 Å². The number of nitrogens with one attached hydrogen (secondary N) is 1. The van der Waals surface area contributed by atoms with E-state index in [0.29, 0.717) is 0 Å². The quantitative estimate of drug-likeness (QED) is 0.294. The van der Waals surface area contributed by atoms with Gasteiger partial charge >= 0.3 is 0 Å². The third-order valence-electron chi connectivity index (χ3n) is 7.03. The van der Waals surface area contributed by atoms with E-state index in [1.807, 2.05) is 0 Å². The van der Waals surface area contributed by atoms with Crippen LogP contribution in [0, 0.1) is 0 Å². The van der Waals surface area contributed by atoms with Gasteiger partial charge in [0.05, 0.1) is 11.0 Å². The van der Waals surface area contributed by atoms with E-state index in [1.165, 1.54) is 55.1 Å². The topological polar surface area (TPSA) is 17.0 Å². The number of allylic oxidation sites excluding steroid dienone is 1. The molecule has 1 heterocycles. The average molecular weight is 437 g/mol. The van der Waals surface area contributed by atoms with E-state index in [4.69, 9.17) is 0 Å². The molecule has 0 atom stereocenters. The number of hydrogen-bond donors (Lipinski definition) is 1. The third-order valence-corrected chi connectivity index (χ3v) is 7.03. The number of aromatic nitrogens is 1. The van der Waals surface area contributed by atoms with Crippen molar-refractivity contribution in [3.05, 3.63) is 120 Å². The summed E-state index contributed by atoms with van der Waals surface area (Å²) in [7, 11) is 0. The lowest BCUT2D eigenvalue weighted by Gasteiger charge is -2.20. The summed E-state index contributed by atoms with van der Waals surface area (Å²) in [6, 6.07) is 37.0. The maximum Gasteiger partial charge on any atom is 0.0562 e. The van der Waals surface area contributed by atoms with Gasteiger partial charge in [-0.25, -0.2) is 0 Å². The van der Waals surface area contributed by atoms with Crippen molar-refractivity contribution in [1.29, 1.82) is 0 Å². The smallest absolute Gasteiger partial charge is 0.0562 e. The second kappa shape index (κ2) is 7.64. The molecule has 0 saturated carbocycles. The van der Waals surface area contributed by atoms with E-state index in [-0.39, 0.29) is 0 Å². The molecule has 0 unspecified atom stereocenters. The standard InChI is InChI=1S/C32H24N2/c1-2-12-23(13-3-1)34-30-19-9-8-17-27(30)32-28(18-10-20-31(32)34)33-29-21-22-11-4-5-14-24(22)25-15-6-7-16-26(25)29/h1-5,7-14,16-21,33H,6,15H2. The van der Waals surface area contributed by atoms with Crippen molar-refractivity contribution in [2.45, 2.75) is 12.8 Å². The summed E-state index contributed by atoms with van der Waals surface area (Å²) in [6.45, 7) is 0. The van der Waals surface area contributed by atoms with E-state index in [2.05, 4.69) is 125 Å². The van der Waals surface area contributed by atoms with Gasteiger partial charge in [-0.15, -0.1) is 0 Å². The Morgan fingerprint density at radius 3 is 2.32 bits per heavy atom. The zero-order chi connectivity index (χ0) is 22.5. The summed E-state index contributed by atoms with van der Waals surface area (Å²) < 4.78 is 2.37. The Bertz CT molecular complexity index is 1720. The van der Waals surface area contributed by atoms with Crippen LogP contribution in [0.3, 0.4) is 0 Å². The van der Waals surface area contributed by atoms with Crippen molar-refractivity contribution in [3.63, 3.8) is 0 Å². The molecule has 0 aliphatic heterocycles. The van der Waals surface area contributed by atoms with Gasteiger partial charge < -0.3 is 9.88 Å². The van der Waals surface area contributed by atoms with Gasteiger partial charge in [-0.2, -0.15) is 0 Å². The number of anilines is 2. The molecule has 7 rings (SSSR count). The van der Waals surface area contributed by atoms with Crippen LogP contribution in [0.1, 0.15) is 17.5 Å². The van der Waals surface area contributed by atoms with Crippen molar-refractivity contribution in [2.24, 2.45) is 0 Å². The fourth-order valence-corrected chi connectivity index (χ4v) is 5.55. The number of fused-ring (bicyclic) bond motifs is 6. The Hall–Kier alpha value is -4.30. The van der Waals surface area contributed by atoms with Gasteiger partial charge in [0.25, 0.3) is 0 Å². The Balaban J connectivity index is 1.49. The first-order valence-corrected chi connectivity index (χ1v) is 11.9. The molecule has 2 nitrogen and oxygen atoms in total. The molecule has 0 bridgehead atoms. The highest BCUT2D eigenvalue weighted by atomic mass is 15.0. The van der Waals surface area contributed by atoms with Crippen LogP contribution in [0.2, 0.25) is 0 Å². The minimum absolute atomic E-state index is 1.08. The summed E-state index contributed by atoms with van der Waals surface area (Å²) >= 11 is 0. The van der Waals surface area contributed by atoms with Crippen LogP contribution in [-0.4, -0.2) is 4.57 Å². The van der Waals surface area contributed by atoms with Gasteiger partial charge in [-0.1, -0.05) is 78.9 Å². The van der Waals surface area contributed by atoms with Crippen molar-refractivity contribution in [1.82, 2.24) is 4.57 Å². The van der Waals surface area contributed by atoms with E-state index in [1.54, 1.807) is 0 Å². The molecule has 1 N–H and O–H groups in total. The Morgan fingerprint density at radius 1 is 0.647 bits per heavy atom. The molecule has 0 spiro atoms. The van der Waals surface area contributed by atoms with Gasteiger partial charge in [0.1, 0.15) is 0 Å². The second-order valence-corrected chi connectivity index (χ2v) is 8.99. The molecule has 1 aliphatic carbocycles. The monoisotopic (exact) mass is 436 g/mol. The van der Waals surface area contributed by atoms with Crippen LogP contribution in [-0.2, 0) is 6.42 Å². The van der Waals surface area contributed by atoms with E-state index < -0.39 is 0 Å². The predicted molar refractivity (Wildman–Crippen MR) is 145 cm³/mol. The molecule has 1 aliphatic rings. The predicted octanol–water partition coefficient (Wildman–Crippen LogP) is 8.64. The van der Waals surface area contributed by atoms with Gasteiger partial charge in [-0.05, 0) is 65.6 Å². The van der Waals surface area contributed by atoms with E-state index in [9.17, 15) is 0 Å². The third kappa shape index (κ3) is 2.89. The highest BCUT2D eigenvalue weighted by Crippen LogP contribution is 2.40. The largest absolute Gasteiger partial charge is 0.354 e. The number of aryl methyl sites for hydroxylation is 1. The number of hydrogen-bond acceptors (Lipinski definition) is 1. The zero-order valence-electron chi connectivity index (χ0n) is 18.8. The average Bonchev–Trinajstić information content (AvgIpc) is 3.25. The maximum absolute atomic E-state index is 3.86. The minimum Gasteiger partial charge on any atom is -0.354 e. The molecule has 34 heavy (non-hydrogen) atoms. The van der Waals surface area contributed by atoms with Crippen LogP contribution in [0.15, 0.2) is 109 Å². The second-order valence-electron chi connectivity index (χ2n) is 8.99. The molecule has 0 amide bonds. The fraction of sp³-hybridized carbons (Fsp3) is 0.0625. The fourth-order valence-electron chi connectivity index (χ4n) is 5.55. The molecule has 0 fully saturated rings. The van der Waals surface area contributed by atoms with Crippen molar-refractivity contribution in [3.8, 4) is 5.69 Å². The van der Waals surface area contributed by atoms with Gasteiger partial charge in [0.15, 0.2) is 0 Å². The minimum atomic E-state index is 1.08. The zero-order valence-corrected chi connectivity index (χ0v) is 18.8. The lowest BCUT2D eigenvalue weighted by atomic mass is 9.90. The molecule has 0 radical (unpaired) electrons. The lowest BCUT2D eigenvalue weighted by Crippen LogP contribution is -2.02. The molecule has 5 aromatic carbocycles. The highest BCUT2D eigenvalue weighted by molar-refractivity contribution is 6.15. The molecular weight excluding hydrogens is 412 g/mol. The molecule has 0 saturated heterocycles. The van der Waals surface area contributed by atoms with Crippen LogP contribution >= 0.6 is 0 Å². The first-order valence-electron chi connectivity index (χ1n) is 11.9. The normalized spacial score (nSPS) is 12.9. The molecule has 6 aromatic rings. The number of benzene rings is 5. The van der Waals surface area contributed by atoms with Gasteiger partial charge in [-0.3, -0.25) is 0 Å². The Morgan fingerprint density at radius 2 is 1.41 bits per heavy atom. The van der Waals surface area contributed by atoms with E-state index in [0.717, 1.165) is 18.5 Å². The summed E-state index contributed by atoms with van der Waals surface area (Å²) in [6.07, 6.45) is 6.77. The number of nitrogens with zero attached hydrogens (tertiary/aromatic N) is 1. The Labute approximate surface area is 198 Å². The van der Waals surface area contributed by atoms with Crippen LogP contribution < -0.4 is 5.32 Å². The molecule has 2 heteroatoms. The molecular formula is C32H24N2. The molecule has 162 valence electrons. The van der Waals surface area contributed by atoms with Crippen LogP contribution in [0.25, 0.3) is 44.3 Å². The van der Waals surface area contributed by atoms with Gasteiger partial charge in [0, 0.05) is 33.4 Å². The van der Waals surface area contributed by atoms with Crippen molar-refractivity contribution in [2.75, 3.05) is 5.32 Å². The first-order chi connectivity index (χ1) is 16.9. The summed E-state index contributed by atoms with van der Waals surface area (Å²) in [4.78, 5) is 0. The lowest BCUT2D eigenvalue weighted by molar-refractivity contribution is 0.998. The SMILES string of the molecule is C1=Cc2c(Nc3cccc4c3c3ccccc3n4-c3ccccc3)cc3ccccc3c2CC1. The summed E-state index contributed by atoms with van der Waals surface area (Å²) in [5.41, 5.74) is 8.68. The van der Waals surface area contributed by atoms with Crippen molar-refractivity contribution < 1.29 is 0 Å². The molecule has 1 aromatic heterocycles. The van der Waals surface area contributed by atoms with Gasteiger partial charge in [0.2, 0.25) is 0 Å². The van der Waals surface area contributed by atoms with Crippen LogP contribution in [0.4, 0.5) is 11.4 Å². The van der Waals surface area contributed by atoms with E-state index >= 15 is 0 Å². The Kier molecular flexibility index (Phi) is 4.31. The summed E-state index contributed by atoms with van der Waals surface area (Å²) in [5.74, 6) is 0. The van der Waals surface area contributed by atoms with Crippen molar-refractivity contribution >= 4 is 50.0 Å². The summed E-state index contributed by atoms with van der Waals surface area (Å²) in [5, 5.41) is 9.03. The first kappa shape index (κ1) is 19.2. The highest BCUT2D eigenvalue weighted by Gasteiger charge is 2.18. The maximum atomic E-state index is 3.86.